The van der Waals surface area contributed by atoms with Gasteiger partial charge in [-0.2, -0.15) is 4.31 Å². The van der Waals surface area contributed by atoms with Crippen molar-refractivity contribution in [3.05, 3.63) is 63.4 Å². The van der Waals surface area contributed by atoms with Crippen LogP contribution in [-0.2, 0) is 21.4 Å². The third kappa shape index (κ3) is 4.85. The number of carbonyl (C=O) groups excluding carboxylic acids is 1. The third-order valence-electron chi connectivity index (χ3n) is 5.69. The molecule has 8 nitrogen and oxygen atoms in total. The van der Waals surface area contributed by atoms with Crippen LogP contribution in [0.4, 0.5) is 10.1 Å². The molecule has 3 aromatic rings. The van der Waals surface area contributed by atoms with Crippen LogP contribution in [0.5, 0.6) is 0 Å². The zero-order chi connectivity index (χ0) is 23.8. The first-order valence-corrected chi connectivity index (χ1v) is 12.7. The first kappa shape index (κ1) is 23.5. The largest absolute Gasteiger partial charge is 0.348 e. The third-order valence-corrected chi connectivity index (χ3v) is 8.19. The topological polar surface area (TPSA) is 101 Å². The maximum atomic E-state index is 14.0. The summed E-state index contributed by atoms with van der Waals surface area (Å²) in [6.45, 7) is 1.95. The summed E-state index contributed by atoms with van der Waals surface area (Å²) >= 11 is 3.15. The Hall–Kier alpha value is -2.63. The van der Waals surface area contributed by atoms with Gasteiger partial charge in [-0.05, 0) is 56.2 Å². The van der Waals surface area contributed by atoms with Gasteiger partial charge in [-0.15, -0.1) is 0 Å². The predicted molar refractivity (Wildman–Crippen MR) is 126 cm³/mol. The van der Waals surface area contributed by atoms with Gasteiger partial charge in [-0.3, -0.25) is 9.36 Å². The number of fused-ring (bicyclic) bond motifs is 1. The molecule has 4 rings (SSSR count). The molecule has 1 aromatic heterocycles. The highest BCUT2D eigenvalue weighted by atomic mass is 79.9. The van der Waals surface area contributed by atoms with Crippen LogP contribution in [0.1, 0.15) is 26.2 Å². The standard InChI is InChI=1S/C22H22BrFN4O4S/c1-14-4-2-3-9-28(14)33(31,32)17-6-8-20-15(10-17)12-25-22(30)27(20)13-21(29)26-19-7-5-16(23)11-18(19)24/h5-8,10-12,14H,2-4,9,13H2,1H3,(H,26,29)/t14-/m1/s1. The summed E-state index contributed by atoms with van der Waals surface area (Å²) in [4.78, 5) is 28.8. The number of piperidine rings is 1. The van der Waals surface area contributed by atoms with Crippen LogP contribution in [0.2, 0.25) is 0 Å². The van der Waals surface area contributed by atoms with Gasteiger partial charge in [0.15, 0.2) is 0 Å². The molecule has 2 aromatic carbocycles. The van der Waals surface area contributed by atoms with E-state index in [9.17, 15) is 22.4 Å². The van der Waals surface area contributed by atoms with Crippen molar-refractivity contribution in [2.75, 3.05) is 11.9 Å². The number of hydrogen-bond acceptors (Lipinski definition) is 5. The van der Waals surface area contributed by atoms with Crippen LogP contribution in [0, 0.1) is 5.82 Å². The fourth-order valence-electron chi connectivity index (χ4n) is 3.98. The maximum Gasteiger partial charge on any atom is 0.348 e. The van der Waals surface area contributed by atoms with E-state index in [-0.39, 0.29) is 16.6 Å². The minimum atomic E-state index is -3.70. The molecule has 1 atom stereocenters. The fraction of sp³-hybridized carbons (Fsp3) is 0.318. The van der Waals surface area contributed by atoms with Crippen molar-refractivity contribution in [3.8, 4) is 0 Å². The molecule has 0 aliphatic carbocycles. The second kappa shape index (κ2) is 9.32. The lowest BCUT2D eigenvalue weighted by molar-refractivity contribution is -0.116. The lowest BCUT2D eigenvalue weighted by Gasteiger charge is -2.32. The molecule has 1 aliphatic heterocycles. The number of carbonyl (C=O) groups is 1. The van der Waals surface area contributed by atoms with Gasteiger partial charge in [-0.25, -0.2) is 22.6 Å². The second-order valence-electron chi connectivity index (χ2n) is 7.98. The molecular formula is C22H22BrFN4O4S. The van der Waals surface area contributed by atoms with Gasteiger partial charge in [-0.1, -0.05) is 22.4 Å². The Bertz CT molecular complexity index is 1390. The lowest BCUT2D eigenvalue weighted by Crippen LogP contribution is -2.41. The zero-order valence-corrected chi connectivity index (χ0v) is 20.2. The van der Waals surface area contributed by atoms with Crippen molar-refractivity contribution in [1.82, 2.24) is 13.9 Å². The molecule has 2 heterocycles. The Kier molecular flexibility index (Phi) is 6.64. The molecule has 1 N–H and O–H groups in total. The van der Waals surface area contributed by atoms with Gasteiger partial charge in [0.25, 0.3) is 0 Å². The van der Waals surface area contributed by atoms with E-state index in [2.05, 4.69) is 26.2 Å². The van der Waals surface area contributed by atoms with Crippen molar-refractivity contribution in [3.63, 3.8) is 0 Å². The maximum absolute atomic E-state index is 14.0. The molecule has 0 bridgehead atoms. The van der Waals surface area contributed by atoms with Gasteiger partial charge in [0, 0.05) is 28.6 Å². The number of benzene rings is 2. The van der Waals surface area contributed by atoms with E-state index in [1.165, 1.54) is 40.8 Å². The first-order valence-electron chi connectivity index (χ1n) is 10.4. The van der Waals surface area contributed by atoms with E-state index >= 15 is 0 Å². The SMILES string of the molecule is C[C@@H]1CCCCN1S(=O)(=O)c1ccc2c(cnc(=O)n2CC(=O)Nc2ccc(Br)cc2F)c1. The molecule has 0 spiro atoms. The highest BCUT2D eigenvalue weighted by Crippen LogP contribution is 2.27. The van der Waals surface area contributed by atoms with Crippen LogP contribution in [0.3, 0.4) is 0 Å². The predicted octanol–water partition coefficient (Wildman–Crippen LogP) is 3.50. The average Bonchev–Trinajstić information content (AvgIpc) is 2.77. The lowest BCUT2D eigenvalue weighted by atomic mass is 10.1. The average molecular weight is 537 g/mol. The molecule has 0 radical (unpaired) electrons. The van der Waals surface area contributed by atoms with E-state index in [0.717, 1.165) is 23.8 Å². The Morgan fingerprint density at radius 1 is 1.24 bits per heavy atom. The summed E-state index contributed by atoms with van der Waals surface area (Å²) in [6.07, 6.45) is 3.90. The molecule has 33 heavy (non-hydrogen) atoms. The summed E-state index contributed by atoms with van der Waals surface area (Å²) in [5.74, 6) is -1.24. The van der Waals surface area contributed by atoms with Gasteiger partial charge >= 0.3 is 5.69 Å². The van der Waals surface area contributed by atoms with Gasteiger partial charge in [0.1, 0.15) is 12.4 Å². The molecule has 0 saturated carbocycles. The van der Waals surface area contributed by atoms with Crippen molar-refractivity contribution in [2.45, 2.75) is 43.7 Å². The van der Waals surface area contributed by atoms with Crippen LogP contribution in [0.25, 0.3) is 10.9 Å². The smallest absolute Gasteiger partial charge is 0.322 e. The zero-order valence-electron chi connectivity index (χ0n) is 17.8. The Labute approximate surface area is 198 Å². The summed E-state index contributed by atoms with van der Waals surface area (Å²) < 4.78 is 43.5. The fourth-order valence-corrected chi connectivity index (χ4v) is 6.05. The van der Waals surface area contributed by atoms with Crippen molar-refractivity contribution >= 4 is 48.5 Å². The van der Waals surface area contributed by atoms with Crippen molar-refractivity contribution in [1.29, 1.82) is 0 Å². The molecule has 174 valence electrons. The Morgan fingerprint density at radius 2 is 2.03 bits per heavy atom. The van der Waals surface area contributed by atoms with Crippen LogP contribution >= 0.6 is 15.9 Å². The molecular weight excluding hydrogens is 515 g/mol. The molecule has 1 saturated heterocycles. The molecule has 1 amide bonds. The number of nitrogens with zero attached hydrogens (tertiary/aromatic N) is 3. The summed E-state index contributed by atoms with van der Waals surface area (Å²) in [6, 6.07) is 8.49. The number of aromatic nitrogens is 2. The second-order valence-corrected chi connectivity index (χ2v) is 10.8. The number of amides is 1. The van der Waals surface area contributed by atoms with E-state index in [4.69, 9.17) is 0 Å². The number of nitrogens with one attached hydrogen (secondary N) is 1. The van der Waals surface area contributed by atoms with E-state index in [1.54, 1.807) is 6.07 Å². The monoisotopic (exact) mass is 536 g/mol. The van der Waals surface area contributed by atoms with Crippen LogP contribution < -0.4 is 11.0 Å². The number of sulfonamides is 1. The number of anilines is 1. The highest BCUT2D eigenvalue weighted by molar-refractivity contribution is 9.10. The molecule has 1 fully saturated rings. The quantitative estimate of drug-likeness (QED) is 0.537. The summed E-state index contributed by atoms with van der Waals surface area (Å²) in [5, 5.41) is 2.84. The highest BCUT2D eigenvalue weighted by Gasteiger charge is 2.31. The van der Waals surface area contributed by atoms with Crippen molar-refractivity contribution in [2.24, 2.45) is 0 Å². The molecule has 1 aliphatic rings. The van der Waals surface area contributed by atoms with Crippen molar-refractivity contribution < 1.29 is 17.6 Å². The Balaban J connectivity index is 1.64. The van der Waals surface area contributed by atoms with Crippen LogP contribution in [-0.4, -0.2) is 40.8 Å². The number of rotatable bonds is 5. The molecule has 0 unspecified atom stereocenters. The summed E-state index contributed by atoms with van der Waals surface area (Å²) in [5.41, 5.74) is -0.338. The van der Waals surface area contributed by atoms with E-state index in [0.29, 0.717) is 21.9 Å². The molecule has 11 heteroatoms. The number of hydrogen-bond donors (Lipinski definition) is 1. The minimum absolute atomic E-state index is 0.0199. The minimum Gasteiger partial charge on any atom is -0.322 e. The van der Waals surface area contributed by atoms with E-state index in [1.807, 2.05) is 6.92 Å². The van der Waals surface area contributed by atoms with Gasteiger partial charge in [0.2, 0.25) is 15.9 Å². The van der Waals surface area contributed by atoms with Gasteiger partial charge < -0.3 is 5.32 Å². The normalized spacial score (nSPS) is 17.2. The Morgan fingerprint density at radius 3 is 2.76 bits per heavy atom. The summed E-state index contributed by atoms with van der Waals surface area (Å²) in [7, 11) is -3.70. The van der Waals surface area contributed by atoms with Gasteiger partial charge in [0.05, 0.1) is 16.1 Å². The first-order chi connectivity index (χ1) is 15.7. The van der Waals surface area contributed by atoms with Crippen LogP contribution in [0.15, 0.2) is 56.8 Å². The number of halogens is 2. The van der Waals surface area contributed by atoms with E-state index < -0.39 is 34.0 Å².